The van der Waals surface area contributed by atoms with Crippen LogP contribution in [0.1, 0.15) is 28.5 Å². The van der Waals surface area contributed by atoms with Gasteiger partial charge >= 0.3 is 0 Å². The fraction of sp³-hybridized carbons (Fsp3) is 0.238. The monoisotopic (exact) mass is 504 g/mol. The van der Waals surface area contributed by atoms with E-state index in [0.717, 1.165) is 16.9 Å². The number of amides is 2. The summed E-state index contributed by atoms with van der Waals surface area (Å²) in [6.45, 7) is 3.17. The van der Waals surface area contributed by atoms with Crippen molar-refractivity contribution in [1.29, 1.82) is 0 Å². The van der Waals surface area contributed by atoms with Gasteiger partial charge in [-0.15, -0.1) is 0 Å². The molecule has 0 unspecified atom stereocenters. The maximum Gasteiger partial charge on any atom is 0.276 e. The zero-order chi connectivity index (χ0) is 24.6. The lowest BCUT2D eigenvalue weighted by Gasteiger charge is -2.12. The summed E-state index contributed by atoms with van der Waals surface area (Å²) in [4.78, 5) is 36.8. The normalized spacial score (nSPS) is 11.1. The molecular formula is C21H24N6O5S2. The van der Waals surface area contributed by atoms with Crippen molar-refractivity contribution >= 4 is 44.0 Å². The van der Waals surface area contributed by atoms with Gasteiger partial charge in [0.1, 0.15) is 0 Å². The van der Waals surface area contributed by atoms with Crippen LogP contribution in [0.5, 0.6) is 0 Å². The largest absolute Gasteiger partial charge is 0.380 e. The minimum Gasteiger partial charge on any atom is -0.380 e. The Hall–Kier alpha value is -3.39. The molecule has 3 rings (SSSR count). The molecule has 0 saturated carbocycles. The molecule has 2 amide bonds. The van der Waals surface area contributed by atoms with Crippen LogP contribution in [0.25, 0.3) is 0 Å². The van der Waals surface area contributed by atoms with Crippen LogP contribution in [0.4, 0.5) is 10.8 Å². The summed E-state index contributed by atoms with van der Waals surface area (Å²) in [5.41, 5.74) is 4.60. The summed E-state index contributed by atoms with van der Waals surface area (Å²) in [7, 11) is -3.85. The number of hydroxylamine groups is 1. The van der Waals surface area contributed by atoms with Gasteiger partial charge in [-0.25, -0.2) is 23.6 Å². The van der Waals surface area contributed by atoms with Gasteiger partial charge in [0.05, 0.1) is 17.9 Å². The molecule has 0 aliphatic heterocycles. The SMILES string of the molecule is CC(=O)Nc1nc(C)c(S(=O)(=O)NCCONC(=O)c2ccccc2NCc2ccncc2)s1. The highest BCUT2D eigenvalue weighted by molar-refractivity contribution is 7.91. The number of pyridine rings is 1. The highest BCUT2D eigenvalue weighted by Gasteiger charge is 2.22. The van der Waals surface area contributed by atoms with Gasteiger partial charge in [0.2, 0.25) is 5.91 Å². The van der Waals surface area contributed by atoms with Gasteiger partial charge in [0.25, 0.3) is 15.9 Å². The molecular weight excluding hydrogens is 480 g/mol. The maximum atomic E-state index is 12.5. The van der Waals surface area contributed by atoms with Gasteiger partial charge in [-0.3, -0.25) is 19.4 Å². The number of nitrogens with one attached hydrogen (secondary N) is 4. The van der Waals surface area contributed by atoms with Crippen molar-refractivity contribution in [1.82, 2.24) is 20.2 Å². The quantitative estimate of drug-likeness (QED) is 0.229. The van der Waals surface area contributed by atoms with Crippen molar-refractivity contribution in [3.8, 4) is 0 Å². The third-order valence-corrected chi connectivity index (χ3v) is 7.49. The van der Waals surface area contributed by atoms with Crippen LogP contribution in [0.3, 0.4) is 0 Å². The van der Waals surface area contributed by atoms with Crippen molar-refractivity contribution < 1.29 is 22.8 Å². The predicted molar refractivity (Wildman–Crippen MR) is 128 cm³/mol. The summed E-state index contributed by atoms with van der Waals surface area (Å²) >= 11 is 0.851. The summed E-state index contributed by atoms with van der Waals surface area (Å²) in [6.07, 6.45) is 3.38. The van der Waals surface area contributed by atoms with Crippen LogP contribution in [0.15, 0.2) is 53.0 Å². The number of carbonyl (C=O) groups is 2. The fourth-order valence-corrected chi connectivity index (χ4v) is 5.35. The number of nitrogens with zero attached hydrogens (tertiary/aromatic N) is 2. The second-order valence-electron chi connectivity index (χ2n) is 7.01. The minimum absolute atomic E-state index is 0.00511. The first-order valence-electron chi connectivity index (χ1n) is 10.1. The lowest BCUT2D eigenvalue weighted by Crippen LogP contribution is -2.31. The Bertz CT molecular complexity index is 1250. The Labute approximate surface area is 201 Å². The lowest BCUT2D eigenvalue weighted by atomic mass is 10.1. The molecule has 1 aromatic carbocycles. The molecule has 0 radical (unpaired) electrons. The number of aromatic nitrogens is 2. The van der Waals surface area contributed by atoms with E-state index in [1.807, 2.05) is 12.1 Å². The second kappa shape index (κ2) is 11.7. The molecule has 13 heteroatoms. The Morgan fingerprint density at radius 2 is 1.85 bits per heavy atom. The molecule has 3 aromatic rings. The van der Waals surface area contributed by atoms with Gasteiger partial charge in [0.15, 0.2) is 9.34 Å². The number of carbonyl (C=O) groups excluding carboxylic acids is 2. The highest BCUT2D eigenvalue weighted by Crippen LogP contribution is 2.26. The lowest BCUT2D eigenvalue weighted by molar-refractivity contribution is -0.114. The van der Waals surface area contributed by atoms with E-state index in [1.54, 1.807) is 36.7 Å². The Balaban J connectivity index is 1.48. The van der Waals surface area contributed by atoms with E-state index < -0.39 is 15.9 Å². The van der Waals surface area contributed by atoms with Crippen LogP contribution >= 0.6 is 11.3 Å². The number of benzene rings is 1. The molecule has 0 aliphatic carbocycles. The fourth-order valence-electron chi connectivity index (χ4n) is 2.83. The molecule has 34 heavy (non-hydrogen) atoms. The van der Waals surface area contributed by atoms with Crippen LogP contribution in [-0.4, -0.2) is 43.4 Å². The standard InChI is InChI=1S/C21H24N6O5S2/c1-14-20(33-21(25-14)26-15(2)28)34(30,31)24-11-12-32-27-19(29)17-5-3-4-6-18(17)23-13-16-7-9-22-10-8-16/h3-10,23-24H,11-13H2,1-2H3,(H,27,29)(H,25,26,28). The van der Waals surface area contributed by atoms with E-state index in [2.05, 4.69) is 30.8 Å². The molecule has 2 aromatic heterocycles. The first-order chi connectivity index (χ1) is 16.3. The molecule has 180 valence electrons. The molecule has 2 heterocycles. The number of hydrogen-bond donors (Lipinski definition) is 4. The smallest absolute Gasteiger partial charge is 0.276 e. The van der Waals surface area contributed by atoms with Crippen LogP contribution in [0, 0.1) is 6.92 Å². The van der Waals surface area contributed by atoms with Crippen molar-refractivity contribution in [2.75, 3.05) is 23.8 Å². The molecule has 0 fully saturated rings. The first kappa shape index (κ1) is 25.2. The van der Waals surface area contributed by atoms with Gasteiger partial charge in [-0.2, -0.15) is 0 Å². The summed E-state index contributed by atoms with van der Waals surface area (Å²) in [5.74, 6) is -0.817. The molecule has 0 bridgehead atoms. The van der Waals surface area contributed by atoms with Crippen molar-refractivity contribution in [2.24, 2.45) is 0 Å². The molecule has 0 spiro atoms. The molecule has 11 nitrogen and oxygen atoms in total. The Morgan fingerprint density at radius 1 is 1.12 bits per heavy atom. The van der Waals surface area contributed by atoms with E-state index in [-0.39, 0.29) is 34.1 Å². The van der Waals surface area contributed by atoms with Crippen LogP contribution in [-0.2, 0) is 26.2 Å². The Morgan fingerprint density at radius 3 is 2.59 bits per heavy atom. The second-order valence-corrected chi connectivity index (χ2v) is 9.97. The number of sulfonamides is 1. The minimum atomic E-state index is -3.85. The molecule has 4 N–H and O–H groups in total. The zero-order valence-electron chi connectivity index (χ0n) is 18.5. The van der Waals surface area contributed by atoms with Gasteiger partial charge in [0, 0.05) is 38.1 Å². The van der Waals surface area contributed by atoms with Crippen molar-refractivity contribution in [3.63, 3.8) is 0 Å². The van der Waals surface area contributed by atoms with Crippen LogP contribution < -0.4 is 20.8 Å². The maximum absolute atomic E-state index is 12.5. The van der Waals surface area contributed by atoms with E-state index in [0.29, 0.717) is 17.8 Å². The van der Waals surface area contributed by atoms with E-state index in [9.17, 15) is 18.0 Å². The van der Waals surface area contributed by atoms with Gasteiger partial charge < -0.3 is 10.6 Å². The summed E-state index contributed by atoms with van der Waals surface area (Å²) < 4.78 is 27.4. The third kappa shape index (κ3) is 7.05. The zero-order valence-corrected chi connectivity index (χ0v) is 20.1. The van der Waals surface area contributed by atoms with Crippen LogP contribution in [0.2, 0.25) is 0 Å². The molecule has 0 aliphatic rings. The van der Waals surface area contributed by atoms with E-state index in [4.69, 9.17) is 4.84 Å². The molecule has 0 saturated heterocycles. The highest BCUT2D eigenvalue weighted by atomic mass is 32.2. The summed E-state index contributed by atoms with van der Waals surface area (Å²) in [6, 6.07) is 10.7. The van der Waals surface area contributed by atoms with E-state index in [1.165, 1.54) is 13.8 Å². The average molecular weight is 505 g/mol. The van der Waals surface area contributed by atoms with Crippen molar-refractivity contribution in [2.45, 2.75) is 24.6 Å². The van der Waals surface area contributed by atoms with Crippen molar-refractivity contribution in [3.05, 3.63) is 65.6 Å². The first-order valence-corrected chi connectivity index (χ1v) is 12.4. The topological polar surface area (TPSA) is 151 Å². The number of thiazole rings is 1. The number of rotatable bonds is 11. The Kier molecular flexibility index (Phi) is 8.65. The summed E-state index contributed by atoms with van der Waals surface area (Å²) in [5, 5.41) is 5.86. The van der Waals surface area contributed by atoms with Gasteiger partial charge in [-0.1, -0.05) is 23.5 Å². The number of para-hydroxylation sites is 1. The van der Waals surface area contributed by atoms with Gasteiger partial charge in [-0.05, 0) is 36.8 Å². The number of aryl methyl sites for hydroxylation is 1. The third-order valence-electron chi connectivity index (χ3n) is 4.35. The predicted octanol–water partition coefficient (Wildman–Crippen LogP) is 2.06. The number of hydrogen-bond acceptors (Lipinski definition) is 9. The number of anilines is 2. The molecule has 0 atom stereocenters. The van der Waals surface area contributed by atoms with E-state index >= 15 is 0 Å². The average Bonchev–Trinajstić information content (AvgIpc) is 3.18.